The highest BCUT2D eigenvalue weighted by Gasteiger charge is 2.16. The number of hydrogen-bond acceptors (Lipinski definition) is 6. The van der Waals surface area contributed by atoms with E-state index in [9.17, 15) is 4.79 Å². The quantitative estimate of drug-likeness (QED) is 0.221. The monoisotopic (exact) mass is 446 g/mol. The molecule has 0 amide bonds. The minimum atomic E-state index is -0.461. The summed E-state index contributed by atoms with van der Waals surface area (Å²) in [5, 5.41) is 9.84. The minimum absolute atomic E-state index is 0.360. The molecule has 6 aromatic rings. The third kappa shape index (κ3) is 3.63. The summed E-state index contributed by atoms with van der Waals surface area (Å²) >= 11 is 0. The Morgan fingerprint density at radius 1 is 0.971 bits per heavy atom. The summed E-state index contributed by atoms with van der Waals surface area (Å²) in [6.45, 7) is 0. The first kappa shape index (κ1) is 19.7. The molecule has 6 rings (SSSR count). The summed E-state index contributed by atoms with van der Waals surface area (Å²) in [6.07, 6.45) is 3.44. The van der Waals surface area contributed by atoms with Gasteiger partial charge in [0, 0.05) is 17.1 Å². The summed E-state index contributed by atoms with van der Waals surface area (Å²) in [7, 11) is 0. The van der Waals surface area contributed by atoms with Crippen molar-refractivity contribution in [2.75, 3.05) is 5.43 Å². The molecular weight excluding hydrogens is 428 g/mol. The van der Waals surface area contributed by atoms with Crippen LogP contribution < -0.4 is 11.1 Å². The van der Waals surface area contributed by atoms with Gasteiger partial charge in [0.2, 0.25) is 5.95 Å². The molecule has 0 atom stereocenters. The van der Waals surface area contributed by atoms with Gasteiger partial charge in [0.25, 0.3) is 0 Å². The first-order valence-corrected chi connectivity index (χ1v) is 10.7. The second kappa shape index (κ2) is 8.18. The number of anilines is 1. The van der Waals surface area contributed by atoms with Crippen LogP contribution in [0.15, 0.2) is 105 Å². The molecular formula is C26H18N6O2. The number of imidazole rings is 1. The molecule has 34 heavy (non-hydrogen) atoms. The number of aromatic amines is 1. The molecule has 0 aliphatic rings. The Morgan fingerprint density at radius 2 is 1.76 bits per heavy atom. The van der Waals surface area contributed by atoms with Crippen molar-refractivity contribution in [3.05, 3.63) is 107 Å². The van der Waals surface area contributed by atoms with E-state index in [2.05, 4.69) is 20.5 Å². The smallest absolute Gasteiger partial charge is 0.345 e. The van der Waals surface area contributed by atoms with Gasteiger partial charge in [0.05, 0.1) is 28.5 Å². The van der Waals surface area contributed by atoms with E-state index < -0.39 is 5.63 Å². The normalized spacial score (nSPS) is 11.5. The molecule has 3 aromatic heterocycles. The van der Waals surface area contributed by atoms with Crippen LogP contribution in [-0.2, 0) is 0 Å². The van der Waals surface area contributed by atoms with Gasteiger partial charge < -0.3 is 9.40 Å². The van der Waals surface area contributed by atoms with Crippen molar-refractivity contribution in [3.8, 4) is 16.9 Å². The molecule has 0 fully saturated rings. The van der Waals surface area contributed by atoms with Crippen molar-refractivity contribution < 1.29 is 4.42 Å². The molecule has 0 aliphatic carbocycles. The van der Waals surface area contributed by atoms with Gasteiger partial charge in [-0.1, -0.05) is 48.5 Å². The van der Waals surface area contributed by atoms with Crippen molar-refractivity contribution >= 4 is 34.2 Å². The van der Waals surface area contributed by atoms with Gasteiger partial charge in [0.15, 0.2) is 0 Å². The third-order valence-electron chi connectivity index (χ3n) is 5.42. The lowest BCUT2D eigenvalue weighted by Crippen LogP contribution is -2.05. The summed E-state index contributed by atoms with van der Waals surface area (Å²) in [5.74, 6) is 0.514. The highest BCUT2D eigenvalue weighted by molar-refractivity contribution is 5.91. The average molecular weight is 446 g/mol. The van der Waals surface area contributed by atoms with Crippen LogP contribution in [0.3, 0.4) is 0 Å². The van der Waals surface area contributed by atoms with Crippen molar-refractivity contribution in [2.24, 2.45) is 5.10 Å². The fourth-order valence-corrected chi connectivity index (χ4v) is 3.80. The number of nitrogens with one attached hydrogen (secondary N) is 2. The maximum atomic E-state index is 12.8. The first-order valence-electron chi connectivity index (χ1n) is 10.7. The lowest BCUT2D eigenvalue weighted by atomic mass is 10.1. The predicted octanol–water partition coefficient (Wildman–Crippen LogP) is 4.97. The number of H-pyrrole nitrogens is 1. The van der Waals surface area contributed by atoms with Crippen LogP contribution in [0.2, 0.25) is 0 Å². The molecule has 0 saturated carbocycles. The molecule has 2 N–H and O–H groups in total. The Labute approximate surface area is 193 Å². The molecule has 0 unspecified atom stereocenters. The van der Waals surface area contributed by atoms with Crippen LogP contribution in [0, 0.1) is 0 Å². The zero-order valence-electron chi connectivity index (χ0n) is 17.8. The predicted molar refractivity (Wildman–Crippen MR) is 132 cm³/mol. The number of fused-ring (bicyclic) bond motifs is 2. The average Bonchev–Trinajstić information content (AvgIpc) is 3.48. The van der Waals surface area contributed by atoms with Crippen molar-refractivity contribution in [1.82, 2.24) is 19.7 Å². The molecule has 0 saturated heterocycles. The lowest BCUT2D eigenvalue weighted by Gasteiger charge is -2.01. The van der Waals surface area contributed by atoms with Gasteiger partial charge in [0.1, 0.15) is 11.3 Å². The van der Waals surface area contributed by atoms with E-state index in [1.54, 1.807) is 23.0 Å². The van der Waals surface area contributed by atoms with E-state index in [-0.39, 0.29) is 0 Å². The van der Waals surface area contributed by atoms with Crippen molar-refractivity contribution in [1.29, 1.82) is 0 Å². The molecule has 0 spiro atoms. The third-order valence-corrected chi connectivity index (χ3v) is 5.42. The molecule has 164 valence electrons. The van der Waals surface area contributed by atoms with Crippen LogP contribution >= 0.6 is 0 Å². The van der Waals surface area contributed by atoms with Crippen LogP contribution in [0.1, 0.15) is 5.56 Å². The Balaban J connectivity index is 1.42. The van der Waals surface area contributed by atoms with Gasteiger partial charge in [-0.25, -0.2) is 19.9 Å². The maximum Gasteiger partial charge on any atom is 0.345 e. The molecule has 8 heteroatoms. The highest BCUT2D eigenvalue weighted by atomic mass is 16.4. The molecule has 3 aromatic carbocycles. The Kier molecular flexibility index (Phi) is 4.73. The van der Waals surface area contributed by atoms with E-state index in [0.29, 0.717) is 28.4 Å². The summed E-state index contributed by atoms with van der Waals surface area (Å²) in [5.41, 5.74) is 7.07. The second-order valence-electron chi connectivity index (χ2n) is 7.67. The van der Waals surface area contributed by atoms with Gasteiger partial charge in [-0.2, -0.15) is 10.2 Å². The van der Waals surface area contributed by atoms with E-state index in [0.717, 1.165) is 22.1 Å². The first-order chi connectivity index (χ1) is 16.7. The lowest BCUT2D eigenvalue weighted by molar-refractivity contribution is 0.563. The van der Waals surface area contributed by atoms with Crippen LogP contribution in [-0.4, -0.2) is 26.0 Å². The van der Waals surface area contributed by atoms with Gasteiger partial charge in [-0.15, -0.1) is 0 Å². The Bertz CT molecular complexity index is 1680. The summed E-state index contributed by atoms with van der Waals surface area (Å²) in [4.78, 5) is 20.5. The summed E-state index contributed by atoms with van der Waals surface area (Å²) < 4.78 is 7.26. The van der Waals surface area contributed by atoms with E-state index in [1.165, 1.54) is 0 Å². The fraction of sp³-hybridized carbons (Fsp3) is 0. The topological polar surface area (TPSA) is 101 Å². The van der Waals surface area contributed by atoms with E-state index in [1.807, 2.05) is 79.0 Å². The van der Waals surface area contributed by atoms with E-state index in [4.69, 9.17) is 9.52 Å². The number of aromatic nitrogens is 4. The Hall–Kier alpha value is -4.98. The SMILES string of the molecule is O=c1oc2ccccc2cc1-c1nn(-c2ccccc2)cc1/C=N/Nc1nc2ccccc2[nH]1. The molecule has 0 aliphatic heterocycles. The number of para-hydroxylation sites is 4. The summed E-state index contributed by atoms with van der Waals surface area (Å²) in [6, 6.07) is 26.6. The van der Waals surface area contributed by atoms with Crippen LogP contribution in [0.4, 0.5) is 5.95 Å². The van der Waals surface area contributed by atoms with E-state index >= 15 is 0 Å². The van der Waals surface area contributed by atoms with Gasteiger partial charge in [-0.05, 0) is 36.4 Å². The minimum Gasteiger partial charge on any atom is -0.422 e. The second-order valence-corrected chi connectivity index (χ2v) is 7.67. The van der Waals surface area contributed by atoms with Crippen LogP contribution in [0.25, 0.3) is 38.9 Å². The Morgan fingerprint density at radius 3 is 2.65 bits per heavy atom. The largest absolute Gasteiger partial charge is 0.422 e. The number of benzene rings is 3. The van der Waals surface area contributed by atoms with Crippen molar-refractivity contribution in [3.63, 3.8) is 0 Å². The van der Waals surface area contributed by atoms with Gasteiger partial charge in [-0.3, -0.25) is 0 Å². The zero-order valence-corrected chi connectivity index (χ0v) is 17.8. The molecule has 0 radical (unpaired) electrons. The number of hydrazone groups is 1. The number of rotatable bonds is 5. The molecule has 8 nitrogen and oxygen atoms in total. The fourth-order valence-electron chi connectivity index (χ4n) is 3.80. The standard InChI is InChI=1S/C26H18N6O2/c33-25-20(14-17-8-4-7-13-23(17)34-25)24-18(16-32(31-24)19-9-2-1-3-10-19)15-27-30-26-28-21-11-5-6-12-22(21)29-26/h1-16H,(H2,28,29,30)/b27-15+. The molecule has 0 bridgehead atoms. The van der Waals surface area contributed by atoms with Crippen LogP contribution in [0.5, 0.6) is 0 Å². The number of nitrogens with zero attached hydrogens (tertiary/aromatic N) is 4. The maximum absolute atomic E-state index is 12.8. The highest BCUT2D eigenvalue weighted by Crippen LogP contribution is 2.24. The van der Waals surface area contributed by atoms with Crippen molar-refractivity contribution in [2.45, 2.75) is 0 Å². The zero-order chi connectivity index (χ0) is 22.9. The van der Waals surface area contributed by atoms with Gasteiger partial charge >= 0.3 is 5.63 Å². The molecule has 3 heterocycles. The number of hydrogen-bond donors (Lipinski definition) is 2.